The first-order valence-corrected chi connectivity index (χ1v) is 7.40. The number of nitrogens with zero attached hydrogens (tertiary/aromatic N) is 1. The molecule has 0 spiro atoms. The molecule has 0 aromatic heterocycles. The number of hydrogen-bond donors (Lipinski definition) is 2. The van der Waals surface area contributed by atoms with Crippen molar-refractivity contribution in [3.8, 4) is 0 Å². The number of aliphatic hydroxyl groups excluding tert-OH is 1. The smallest absolute Gasteiger partial charge is 0.0465 e. The fourth-order valence-electron chi connectivity index (χ4n) is 2.42. The van der Waals surface area contributed by atoms with E-state index < -0.39 is 0 Å². The fourth-order valence-corrected chi connectivity index (χ4v) is 3.22. The quantitative estimate of drug-likeness (QED) is 0.856. The molecule has 108 valence electrons. The van der Waals surface area contributed by atoms with Crippen molar-refractivity contribution in [1.29, 1.82) is 0 Å². The summed E-state index contributed by atoms with van der Waals surface area (Å²) in [5.74, 6) is 0. The molecule has 1 saturated heterocycles. The van der Waals surface area contributed by atoms with Crippen molar-refractivity contribution >= 4 is 39.9 Å². The molecule has 3 nitrogen and oxygen atoms in total. The topological polar surface area (TPSA) is 35.5 Å². The number of aliphatic hydroxyl groups is 1. The summed E-state index contributed by atoms with van der Waals surface area (Å²) in [6.45, 7) is 4.17. The number of halogens is 3. The maximum atomic E-state index is 9.28. The lowest BCUT2D eigenvalue weighted by atomic mass is 10.0. The van der Waals surface area contributed by atoms with Gasteiger partial charge in [-0.25, -0.2) is 0 Å². The SMILES string of the molecule is Cl.OCC[C@H](c1ccc(Br)cc1Cl)N1CCNCC1. The molecule has 1 aromatic rings. The van der Waals surface area contributed by atoms with E-state index in [4.69, 9.17) is 11.6 Å². The van der Waals surface area contributed by atoms with Gasteiger partial charge >= 0.3 is 0 Å². The molecule has 0 saturated carbocycles. The molecule has 1 fully saturated rings. The Balaban J connectivity index is 0.00000180. The lowest BCUT2D eigenvalue weighted by molar-refractivity contribution is 0.141. The van der Waals surface area contributed by atoms with Gasteiger partial charge in [-0.3, -0.25) is 4.90 Å². The van der Waals surface area contributed by atoms with Crippen molar-refractivity contribution in [1.82, 2.24) is 10.2 Å². The van der Waals surface area contributed by atoms with E-state index in [0.717, 1.165) is 47.7 Å². The molecule has 0 amide bonds. The van der Waals surface area contributed by atoms with E-state index in [1.807, 2.05) is 12.1 Å². The predicted octanol–water partition coefficient (Wildman–Crippen LogP) is 2.85. The summed E-state index contributed by atoms with van der Waals surface area (Å²) in [6, 6.07) is 6.18. The van der Waals surface area contributed by atoms with Crippen molar-refractivity contribution in [3.63, 3.8) is 0 Å². The zero-order chi connectivity index (χ0) is 13.0. The minimum absolute atomic E-state index is 0. The van der Waals surface area contributed by atoms with E-state index in [0.29, 0.717) is 0 Å². The van der Waals surface area contributed by atoms with Gasteiger partial charge in [0.1, 0.15) is 0 Å². The van der Waals surface area contributed by atoms with Crippen LogP contribution in [-0.2, 0) is 0 Å². The Hall–Kier alpha value is 0.160. The minimum atomic E-state index is 0. The van der Waals surface area contributed by atoms with Crippen LogP contribution in [0.15, 0.2) is 22.7 Å². The van der Waals surface area contributed by atoms with Gasteiger partial charge in [-0.15, -0.1) is 12.4 Å². The van der Waals surface area contributed by atoms with Gasteiger partial charge in [-0.2, -0.15) is 0 Å². The molecule has 2 N–H and O–H groups in total. The molecule has 1 heterocycles. The standard InChI is InChI=1S/C13H18BrClN2O.ClH/c14-10-1-2-11(12(15)9-10)13(3-8-18)17-6-4-16-5-7-17;/h1-2,9,13,16,18H,3-8H2;1H/t13-;/m1./s1. The molecule has 2 rings (SSSR count). The lowest BCUT2D eigenvalue weighted by Gasteiger charge is -2.35. The second-order valence-corrected chi connectivity index (χ2v) is 5.80. The first kappa shape index (κ1) is 17.2. The largest absolute Gasteiger partial charge is 0.396 e. The van der Waals surface area contributed by atoms with E-state index in [1.165, 1.54) is 0 Å². The minimum Gasteiger partial charge on any atom is -0.396 e. The van der Waals surface area contributed by atoms with Crippen LogP contribution < -0.4 is 5.32 Å². The van der Waals surface area contributed by atoms with Gasteiger partial charge in [0.2, 0.25) is 0 Å². The third-order valence-corrected chi connectivity index (χ3v) is 4.14. The molecule has 1 atom stereocenters. The van der Waals surface area contributed by atoms with Crippen LogP contribution in [0, 0.1) is 0 Å². The fraction of sp³-hybridized carbons (Fsp3) is 0.538. The highest BCUT2D eigenvalue weighted by atomic mass is 79.9. The van der Waals surface area contributed by atoms with Crippen molar-refractivity contribution in [2.75, 3.05) is 32.8 Å². The van der Waals surface area contributed by atoms with Gasteiger partial charge in [0, 0.05) is 48.3 Å². The van der Waals surface area contributed by atoms with Crippen LogP contribution in [0.1, 0.15) is 18.0 Å². The van der Waals surface area contributed by atoms with Gasteiger partial charge in [0.25, 0.3) is 0 Å². The van der Waals surface area contributed by atoms with E-state index in [1.54, 1.807) is 0 Å². The van der Waals surface area contributed by atoms with Crippen molar-refractivity contribution in [2.45, 2.75) is 12.5 Å². The second-order valence-electron chi connectivity index (χ2n) is 4.48. The summed E-state index contributed by atoms with van der Waals surface area (Å²) < 4.78 is 0.985. The van der Waals surface area contributed by atoms with Gasteiger partial charge in [0.15, 0.2) is 0 Å². The van der Waals surface area contributed by atoms with E-state index in [2.05, 4.69) is 32.2 Å². The average Bonchev–Trinajstić information content (AvgIpc) is 2.38. The normalized spacial score (nSPS) is 17.8. The van der Waals surface area contributed by atoms with Crippen LogP contribution in [0.5, 0.6) is 0 Å². The van der Waals surface area contributed by atoms with Crippen molar-refractivity contribution < 1.29 is 5.11 Å². The summed E-state index contributed by atoms with van der Waals surface area (Å²) in [4.78, 5) is 2.39. The predicted molar refractivity (Wildman–Crippen MR) is 85.3 cm³/mol. The van der Waals surface area contributed by atoms with Gasteiger partial charge < -0.3 is 10.4 Å². The summed E-state index contributed by atoms with van der Waals surface area (Å²) in [5, 5.41) is 13.4. The highest BCUT2D eigenvalue weighted by Crippen LogP contribution is 2.32. The van der Waals surface area contributed by atoms with Crippen LogP contribution in [0.25, 0.3) is 0 Å². The Labute approximate surface area is 133 Å². The van der Waals surface area contributed by atoms with Gasteiger partial charge in [0.05, 0.1) is 0 Å². The highest BCUT2D eigenvalue weighted by molar-refractivity contribution is 9.10. The third-order valence-electron chi connectivity index (χ3n) is 3.32. The molecular formula is C13H19BrCl2N2O. The zero-order valence-electron chi connectivity index (χ0n) is 10.6. The lowest BCUT2D eigenvalue weighted by Crippen LogP contribution is -2.45. The maximum Gasteiger partial charge on any atom is 0.0465 e. The molecule has 0 unspecified atom stereocenters. The number of nitrogens with one attached hydrogen (secondary N) is 1. The van der Waals surface area contributed by atoms with E-state index in [-0.39, 0.29) is 25.1 Å². The Morgan fingerprint density at radius 2 is 2.05 bits per heavy atom. The highest BCUT2D eigenvalue weighted by Gasteiger charge is 2.23. The molecule has 0 radical (unpaired) electrons. The summed E-state index contributed by atoms with van der Waals surface area (Å²) in [7, 11) is 0. The Bertz CT molecular complexity index is 400. The van der Waals surface area contributed by atoms with Gasteiger partial charge in [-0.1, -0.05) is 33.6 Å². The number of piperazine rings is 1. The molecular weight excluding hydrogens is 351 g/mol. The van der Waals surface area contributed by atoms with Crippen molar-refractivity contribution in [2.24, 2.45) is 0 Å². The first-order valence-electron chi connectivity index (χ1n) is 6.23. The van der Waals surface area contributed by atoms with Crippen molar-refractivity contribution in [3.05, 3.63) is 33.3 Å². The van der Waals surface area contributed by atoms with Gasteiger partial charge in [-0.05, 0) is 24.1 Å². The van der Waals surface area contributed by atoms with Crippen LogP contribution in [-0.4, -0.2) is 42.8 Å². The first-order chi connectivity index (χ1) is 8.72. The molecule has 0 bridgehead atoms. The summed E-state index contributed by atoms with van der Waals surface area (Å²) in [6.07, 6.45) is 0.724. The van der Waals surface area contributed by atoms with Crippen LogP contribution in [0.3, 0.4) is 0 Å². The third kappa shape index (κ3) is 4.59. The monoisotopic (exact) mass is 368 g/mol. The number of benzene rings is 1. The summed E-state index contributed by atoms with van der Waals surface area (Å²) >= 11 is 9.75. The number of hydrogen-bond acceptors (Lipinski definition) is 3. The zero-order valence-corrected chi connectivity index (χ0v) is 13.8. The number of rotatable bonds is 4. The Kier molecular flexibility index (Phi) is 7.65. The summed E-state index contributed by atoms with van der Waals surface area (Å²) in [5.41, 5.74) is 1.11. The molecule has 0 aliphatic carbocycles. The van der Waals surface area contributed by atoms with E-state index >= 15 is 0 Å². The Morgan fingerprint density at radius 3 is 2.63 bits per heavy atom. The maximum absolute atomic E-state index is 9.28. The molecule has 1 aliphatic heterocycles. The van der Waals surface area contributed by atoms with E-state index in [9.17, 15) is 5.11 Å². The molecule has 19 heavy (non-hydrogen) atoms. The molecule has 1 aliphatic rings. The second kappa shape index (κ2) is 8.45. The average molecular weight is 370 g/mol. The Morgan fingerprint density at radius 1 is 1.37 bits per heavy atom. The van der Waals surface area contributed by atoms with Crippen LogP contribution >= 0.6 is 39.9 Å². The molecule has 1 aromatic carbocycles. The van der Waals surface area contributed by atoms with Crippen LogP contribution in [0.4, 0.5) is 0 Å². The van der Waals surface area contributed by atoms with Crippen LogP contribution in [0.2, 0.25) is 5.02 Å². The molecule has 6 heteroatoms.